The highest BCUT2D eigenvalue weighted by Crippen LogP contribution is 2.22. The molecule has 7 heteroatoms. The number of rotatable bonds is 5. The number of hydrogen-bond acceptors (Lipinski definition) is 3. The summed E-state index contributed by atoms with van der Waals surface area (Å²) in [5.41, 5.74) is 5.76. The van der Waals surface area contributed by atoms with Crippen molar-refractivity contribution in [2.45, 2.75) is 37.9 Å². The Morgan fingerprint density at radius 2 is 2.11 bits per heavy atom. The van der Waals surface area contributed by atoms with E-state index in [2.05, 4.69) is 10.1 Å². The Kier molecular flexibility index (Phi) is 5.87. The molecule has 1 fully saturated rings. The summed E-state index contributed by atoms with van der Waals surface area (Å²) in [7, 11) is 0. The third kappa shape index (κ3) is 6.20. The smallest absolute Gasteiger partial charge is 0.370 e. The number of carbonyl (C=O) groups is 1. The van der Waals surface area contributed by atoms with Crippen molar-refractivity contribution in [3.05, 3.63) is 0 Å². The first-order valence-corrected chi connectivity index (χ1v) is 6.06. The molecule has 0 aromatic rings. The van der Waals surface area contributed by atoms with Crippen LogP contribution in [-0.2, 0) is 9.53 Å². The second-order valence-corrected chi connectivity index (χ2v) is 4.58. The number of halogens is 3. The fraction of sp³-hybridized carbons (Fsp3) is 0.909. The lowest BCUT2D eigenvalue weighted by Gasteiger charge is -2.25. The Balaban J connectivity index is 2.10. The standard InChI is InChI=1S/C11H19F3N2O2/c12-11(13,14)7-18-5-4-16-10(17)8-2-1-3-9(15)6-8/h8-9H,1-7,15H2,(H,16,17). The number of hydrogen-bond donors (Lipinski definition) is 2. The molecule has 2 unspecified atom stereocenters. The van der Waals surface area contributed by atoms with Gasteiger partial charge in [0.1, 0.15) is 6.61 Å². The van der Waals surface area contributed by atoms with E-state index in [1.807, 2.05) is 0 Å². The van der Waals surface area contributed by atoms with E-state index in [4.69, 9.17) is 5.73 Å². The van der Waals surface area contributed by atoms with Crippen LogP contribution < -0.4 is 11.1 Å². The second kappa shape index (κ2) is 6.94. The highest BCUT2D eigenvalue weighted by molar-refractivity contribution is 5.78. The van der Waals surface area contributed by atoms with Gasteiger partial charge in [0.2, 0.25) is 5.91 Å². The van der Waals surface area contributed by atoms with E-state index in [9.17, 15) is 18.0 Å². The number of amides is 1. The van der Waals surface area contributed by atoms with Gasteiger partial charge >= 0.3 is 6.18 Å². The van der Waals surface area contributed by atoms with Crippen molar-refractivity contribution >= 4 is 5.91 Å². The molecule has 1 saturated carbocycles. The van der Waals surface area contributed by atoms with Gasteiger partial charge in [-0.3, -0.25) is 4.79 Å². The third-order valence-electron chi connectivity index (χ3n) is 2.90. The number of nitrogens with one attached hydrogen (secondary N) is 1. The van der Waals surface area contributed by atoms with E-state index in [-0.39, 0.29) is 31.0 Å². The average molecular weight is 268 g/mol. The van der Waals surface area contributed by atoms with Crippen LogP contribution >= 0.6 is 0 Å². The summed E-state index contributed by atoms with van der Waals surface area (Å²) in [6, 6.07) is 0.0518. The lowest BCUT2D eigenvalue weighted by atomic mass is 9.85. The topological polar surface area (TPSA) is 64.4 Å². The molecule has 3 N–H and O–H groups in total. The normalized spacial score (nSPS) is 24.9. The SMILES string of the molecule is NC1CCCC(C(=O)NCCOCC(F)(F)F)C1. The molecule has 1 amide bonds. The molecule has 0 aromatic carbocycles. The maximum atomic E-state index is 11.7. The quantitative estimate of drug-likeness (QED) is 0.736. The highest BCUT2D eigenvalue weighted by atomic mass is 19.4. The van der Waals surface area contributed by atoms with Gasteiger partial charge in [0, 0.05) is 18.5 Å². The van der Waals surface area contributed by atoms with Gasteiger partial charge in [0.25, 0.3) is 0 Å². The van der Waals surface area contributed by atoms with Crippen LogP contribution in [0, 0.1) is 5.92 Å². The fourth-order valence-electron chi connectivity index (χ4n) is 2.04. The molecule has 0 heterocycles. The number of carbonyl (C=O) groups excluding carboxylic acids is 1. The zero-order chi connectivity index (χ0) is 13.6. The molecule has 0 radical (unpaired) electrons. The zero-order valence-electron chi connectivity index (χ0n) is 10.1. The first-order valence-electron chi connectivity index (χ1n) is 6.06. The predicted octanol–water partition coefficient (Wildman–Crippen LogP) is 1.20. The monoisotopic (exact) mass is 268 g/mol. The molecule has 4 nitrogen and oxygen atoms in total. The first-order chi connectivity index (χ1) is 8.38. The van der Waals surface area contributed by atoms with E-state index < -0.39 is 12.8 Å². The summed E-state index contributed by atoms with van der Waals surface area (Å²) < 4.78 is 39.6. The summed E-state index contributed by atoms with van der Waals surface area (Å²) in [5, 5.41) is 2.57. The van der Waals surface area contributed by atoms with Crippen LogP contribution in [0.2, 0.25) is 0 Å². The Morgan fingerprint density at radius 1 is 1.39 bits per heavy atom. The summed E-state index contributed by atoms with van der Waals surface area (Å²) in [5.74, 6) is -0.253. The van der Waals surface area contributed by atoms with Crippen LogP contribution in [-0.4, -0.2) is 37.9 Å². The Hall–Kier alpha value is -0.820. The Morgan fingerprint density at radius 3 is 2.72 bits per heavy atom. The van der Waals surface area contributed by atoms with E-state index >= 15 is 0 Å². The van der Waals surface area contributed by atoms with Gasteiger partial charge in [0.05, 0.1) is 6.61 Å². The van der Waals surface area contributed by atoms with Crippen molar-refractivity contribution in [3.63, 3.8) is 0 Å². The lowest BCUT2D eigenvalue weighted by Crippen LogP contribution is -2.39. The molecule has 1 rings (SSSR count). The van der Waals surface area contributed by atoms with Crippen molar-refractivity contribution < 1.29 is 22.7 Å². The highest BCUT2D eigenvalue weighted by Gasteiger charge is 2.27. The van der Waals surface area contributed by atoms with Crippen LogP contribution in [0.15, 0.2) is 0 Å². The van der Waals surface area contributed by atoms with Gasteiger partial charge in [-0.1, -0.05) is 6.42 Å². The third-order valence-corrected chi connectivity index (χ3v) is 2.90. The van der Waals surface area contributed by atoms with Gasteiger partial charge in [0.15, 0.2) is 0 Å². The molecular weight excluding hydrogens is 249 g/mol. The molecule has 0 aromatic heterocycles. The average Bonchev–Trinajstić information content (AvgIpc) is 2.26. The molecule has 0 saturated heterocycles. The van der Waals surface area contributed by atoms with Crippen molar-refractivity contribution in [3.8, 4) is 0 Å². The Bertz CT molecular complexity index is 272. The van der Waals surface area contributed by atoms with Crippen molar-refractivity contribution in [1.29, 1.82) is 0 Å². The molecule has 106 valence electrons. The molecule has 18 heavy (non-hydrogen) atoms. The molecule has 0 spiro atoms. The maximum absolute atomic E-state index is 11.7. The molecule has 0 bridgehead atoms. The summed E-state index contributed by atoms with van der Waals surface area (Å²) in [4.78, 5) is 11.7. The predicted molar refractivity (Wildman–Crippen MR) is 59.8 cm³/mol. The Labute approximate surface area is 104 Å². The van der Waals surface area contributed by atoms with E-state index in [0.29, 0.717) is 6.42 Å². The van der Waals surface area contributed by atoms with E-state index in [1.54, 1.807) is 0 Å². The van der Waals surface area contributed by atoms with E-state index in [0.717, 1.165) is 19.3 Å². The number of ether oxygens (including phenoxy) is 1. The van der Waals surface area contributed by atoms with Gasteiger partial charge in [-0.15, -0.1) is 0 Å². The minimum atomic E-state index is -4.32. The minimum absolute atomic E-state index is 0.0518. The molecule has 1 aliphatic rings. The van der Waals surface area contributed by atoms with E-state index in [1.165, 1.54) is 0 Å². The summed E-state index contributed by atoms with van der Waals surface area (Å²) >= 11 is 0. The molecule has 2 atom stereocenters. The van der Waals surface area contributed by atoms with Gasteiger partial charge in [-0.25, -0.2) is 0 Å². The molecular formula is C11H19F3N2O2. The van der Waals surface area contributed by atoms with Crippen molar-refractivity contribution in [2.75, 3.05) is 19.8 Å². The van der Waals surface area contributed by atoms with Crippen molar-refractivity contribution in [2.24, 2.45) is 11.7 Å². The van der Waals surface area contributed by atoms with Gasteiger partial charge < -0.3 is 15.8 Å². The number of alkyl halides is 3. The fourth-order valence-corrected chi connectivity index (χ4v) is 2.04. The van der Waals surface area contributed by atoms with Crippen molar-refractivity contribution in [1.82, 2.24) is 5.32 Å². The molecule has 0 aliphatic heterocycles. The first kappa shape index (κ1) is 15.2. The van der Waals surface area contributed by atoms with Crippen LogP contribution in [0.4, 0.5) is 13.2 Å². The van der Waals surface area contributed by atoms with Crippen LogP contribution in [0.25, 0.3) is 0 Å². The van der Waals surface area contributed by atoms with Crippen LogP contribution in [0.5, 0.6) is 0 Å². The summed E-state index contributed by atoms with van der Waals surface area (Å²) in [6.07, 6.45) is -1.03. The minimum Gasteiger partial charge on any atom is -0.370 e. The zero-order valence-corrected chi connectivity index (χ0v) is 10.1. The molecule has 1 aliphatic carbocycles. The lowest BCUT2D eigenvalue weighted by molar-refractivity contribution is -0.173. The van der Waals surface area contributed by atoms with Crippen LogP contribution in [0.3, 0.4) is 0 Å². The largest absolute Gasteiger partial charge is 0.411 e. The van der Waals surface area contributed by atoms with Gasteiger partial charge in [-0.2, -0.15) is 13.2 Å². The number of nitrogens with two attached hydrogens (primary N) is 1. The maximum Gasteiger partial charge on any atom is 0.411 e. The summed E-state index contributed by atoms with van der Waals surface area (Å²) in [6.45, 7) is -1.32. The van der Waals surface area contributed by atoms with Gasteiger partial charge in [-0.05, 0) is 19.3 Å². The van der Waals surface area contributed by atoms with Crippen LogP contribution in [0.1, 0.15) is 25.7 Å². The second-order valence-electron chi connectivity index (χ2n) is 4.58.